The van der Waals surface area contributed by atoms with Crippen molar-refractivity contribution in [3.05, 3.63) is 102 Å². The van der Waals surface area contributed by atoms with Crippen LogP contribution in [0.4, 0.5) is 22.7 Å². The quantitative estimate of drug-likeness (QED) is 0.176. The molecule has 11 heteroatoms. The molecule has 3 aromatic rings. The number of nitro benzene ring substituents is 2. The zero-order chi connectivity index (χ0) is 24.8. The monoisotopic (exact) mass is 503 g/mol. The molecule has 0 aromatic heterocycles. The molecule has 0 aliphatic rings. The van der Waals surface area contributed by atoms with E-state index in [4.69, 9.17) is 23.2 Å². The van der Waals surface area contributed by atoms with Crippen molar-refractivity contribution < 1.29 is 19.7 Å². The number of rotatable bonds is 10. The van der Waals surface area contributed by atoms with E-state index in [1.165, 1.54) is 0 Å². The summed E-state index contributed by atoms with van der Waals surface area (Å²) < 4.78 is 0. The molecule has 0 heterocycles. The third-order valence-corrected chi connectivity index (χ3v) is 5.87. The Balaban J connectivity index is 1.68. The van der Waals surface area contributed by atoms with Crippen LogP contribution < -0.4 is 5.32 Å². The van der Waals surface area contributed by atoms with Gasteiger partial charge in [0.1, 0.15) is 5.69 Å². The predicted molar refractivity (Wildman–Crippen MR) is 130 cm³/mol. The van der Waals surface area contributed by atoms with Crippen LogP contribution in [0.3, 0.4) is 0 Å². The highest BCUT2D eigenvalue weighted by atomic mass is 35.5. The molecule has 0 saturated heterocycles. The van der Waals surface area contributed by atoms with Crippen molar-refractivity contribution in [3.8, 4) is 0 Å². The average Bonchev–Trinajstić information content (AvgIpc) is 2.79. The third-order valence-electron chi connectivity index (χ3n) is 5.13. The molecule has 2 N–H and O–H groups in total. The van der Waals surface area contributed by atoms with Gasteiger partial charge in [-0.05, 0) is 61.1 Å². The summed E-state index contributed by atoms with van der Waals surface area (Å²) in [7, 11) is 0. The van der Waals surface area contributed by atoms with Crippen molar-refractivity contribution in [2.45, 2.75) is 25.7 Å². The summed E-state index contributed by atoms with van der Waals surface area (Å²) in [4.78, 5) is 32.3. The van der Waals surface area contributed by atoms with Crippen LogP contribution in [0.25, 0.3) is 0 Å². The molecule has 0 spiro atoms. The fraction of sp³-hybridized carbons (Fsp3) is 0.174. The van der Waals surface area contributed by atoms with Crippen LogP contribution in [0.5, 0.6) is 0 Å². The van der Waals surface area contributed by atoms with Gasteiger partial charge in [-0.1, -0.05) is 41.4 Å². The van der Waals surface area contributed by atoms with Gasteiger partial charge in [0.2, 0.25) is 0 Å². The number of hydrogen-bond donors (Lipinski definition) is 2. The molecule has 3 rings (SSSR count). The Morgan fingerprint density at radius 3 is 2.03 bits per heavy atom. The normalized spacial score (nSPS) is 10.6. The van der Waals surface area contributed by atoms with Crippen molar-refractivity contribution in [2.24, 2.45) is 0 Å². The number of benzene rings is 3. The second kappa shape index (κ2) is 11.0. The maximum Gasteiger partial charge on any atom is 0.338 e. The molecule has 0 amide bonds. The summed E-state index contributed by atoms with van der Waals surface area (Å²) in [5.74, 6) is -1.52. The first-order valence-corrected chi connectivity index (χ1v) is 10.9. The Kier molecular flexibility index (Phi) is 8.04. The Labute approximate surface area is 204 Å². The Morgan fingerprint density at radius 1 is 0.853 bits per heavy atom. The summed E-state index contributed by atoms with van der Waals surface area (Å²) >= 11 is 12.0. The molecule has 176 valence electrons. The lowest BCUT2D eigenvalue weighted by Crippen LogP contribution is -2.07. The van der Waals surface area contributed by atoms with E-state index in [1.54, 1.807) is 18.2 Å². The van der Waals surface area contributed by atoms with E-state index in [-0.39, 0.29) is 5.69 Å². The van der Waals surface area contributed by atoms with Gasteiger partial charge in [-0.3, -0.25) is 20.2 Å². The molecule has 3 aromatic carbocycles. The first-order valence-electron chi connectivity index (χ1n) is 10.2. The number of nitrogens with one attached hydrogen (secondary N) is 1. The topological polar surface area (TPSA) is 136 Å². The number of carbonyl (C=O) groups is 1. The van der Waals surface area contributed by atoms with Crippen LogP contribution >= 0.6 is 23.2 Å². The van der Waals surface area contributed by atoms with Gasteiger partial charge in [0.25, 0.3) is 11.4 Å². The van der Waals surface area contributed by atoms with E-state index in [0.717, 1.165) is 48.9 Å². The van der Waals surface area contributed by atoms with E-state index in [1.807, 2.05) is 24.3 Å². The van der Waals surface area contributed by atoms with Gasteiger partial charge < -0.3 is 10.4 Å². The first-order chi connectivity index (χ1) is 16.2. The smallest absolute Gasteiger partial charge is 0.338 e. The fourth-order valence-corrected chi connectivity index (χ4v) is 3.73. The van der Waals surface area contributed by atoms with Crippen LogP contribution in [0.1, 0.15) is 34.3 Å². The highest BCUT2D eigenvalue weighted by Gasteiger charge is 2.27. The van der Waals surface area contributed by atoms with E-state index in [9.17, 15) is 30.1 Å². The summed E-state index contributed by atoms with van der Waals surface area (Å²) in [5, 5.41) is 35.7. The number of nitro groups is 2. The summed E-state index contributed by atoms with van der Waals surface area (Å²) in [6.07, 6.45) is 3.52. The molecule has 0 aliphatic carbocycles. The second-order valence-electron chi connectivity index (χ2n) is 7.48. The van der Waals surface area contributed by atoms with Gasteiger partial charge in [0.15, 0.2) is 0 Å². The number of aromatic carboxylic acids is 1. The molecule has 0 aliphatic heterocycles. The number of halogens is 2. The average molecular weight is 504 g/mol. The lowest BCUT2D eigenvalue weighted by Gasteiger charge is -2.11. The number of carboxylic acid groups (broad SMARTS) is 1. The van der Waals surface area contributed by atoms with E-state index < -0.39 is 32.8 Å². The predicted octanol–water partition coefficient (Wildman–Crippen LogP) is 6.82. The summed E-state index contributed by atoms with van der Waals surface area (Å²) in [5.41, 5.74) is 0.303. The standard InChI is InChI=1S/C23H19Cl2N3O6/c24-19-10-7-15(11-20(19)25)4-2-1-3-14-5-8-16(9-6-14)26-22-18(23(29)30)12-17(27(31)32)13-21(22)28(33)34/h5-13,26H,1-4H2,(H,29,30). The van der Waals surface area contributed by atoms with Gasteiger partial charge in [0.05, 0.1) is 31.5 Å². The Hall–Kier alpha value is -3.69. The van der Waals surface area contributed by atoms with E-state index in [2.05, 4.69) is 5.32 Å². The van der Waals surface area contributed by atoms with Gasteiger partial charge in [-0.2, -0.15) is 0 Å². The molecular weight excluding hydrogens is 485 g/mol. The highest BCUT2D eigenvalue weighted by Crippen LogP contribution is 2.35. The zero-order valence-corrected chi connectivity index (χ0v) is 19.2. The lowest BCUT2D eigenvalue weighted by molar-refractivity contribution is -0.393. The summed E-state index contributed by atoms with van der Waals surface area (Å²) in [6, 6.07) is 14.1. The molecule has 0 radical (unpaired) electrons. The Morgan fingerprint density at radius 2 is 1.47 bits per heavy atom. The minimum Gasteiger partial charge on any atom is -0.478 e. The maximum atomic E-state index is 11.6. The molecule has 0 saturated carbocycles. The van der Waals surface area contributed by atoms with Crippen molar-refractivity contribution in [1.29, 1.82) is 0 Å². The van der Waals surface area contributed by atoms with Gasteiger partial charge >= 0.3 is 5.97 Å². The first kappa shape index (κ1) is 24.9. The van der Waals surface area contributed by atoms with Crippen LogP contribution in [0, 0.1) is 20.2 Å². The maximum absolute atomic E-state index is 11.6. The molecule has 0 bridgehead atoms. The highest BCUT2D eigenvalue weighted by molar-refractivity contribution is 6.42. The van der Waals surface area contributed by atoms with Crippen LogP contribution in [0.15, 0.2) is 54.6 Å². The number of non-ortho nitro benzene ring substituents is 1. The lowest BCUT2D eigenvalue weighted by atomic mass is 10.0. The molecular formula is C23H19Cl2N3O6. The molecule has 0 fully saturated rings. The van der Waals surface area contributed by atoms with Gasteiger partial charge in [-0.15, -0.1) is 0 Å². The number of aryl methyl sites for hydroxylation is 2. The van der Waals surface area contributed by atoms with Gasteiger partial charge in [-0.25, -0.2) is 4.79 Å². The zero-order valence-electron chi connectivity index (χ0n) is 17.7. The number of hydrogen-bond acceptors (Lipinski definition) is 6. The van der Waals surface area contributed by atoms with Crippen LogP contribution in [0.2, 0.25) is 10.0 Å². The SMILES string of the molecule is O=C(O)c1cc([N+](=O)[O-])cc([N+](=O)[O-])c1Nc1ccc(CCCCc2ccc(Cl)c(Cl)c2)cc1. The largest absolute Gasteiger partial charge is 0.478 e. The van der Waals surface area contributed by atoms with Crippen molar-refractivity contribution >= 4 is 51.9 Å². The fourth-order valence-electron chi connectivity index (χ4n) is 3.41. The number of anilines is 2. The van der Waals surface area contributed by atoms with Gasteiger partial charge in [0, 0.05) is 11.8 Å². The minimum atomic E-state index is -1.52. The number of nitrogens with zero attached hydrogens (tertiary/aromatic N) is 2. The number of carboxylic acids is 1. The molecule has 0 atom stereocenters. The molecule has 0 unspecified atom stereocenters. The number of unbranched alkanes of at least 4 members (excludes halogenated alkanes) is 1. The third kappa shape index (κ3) is 6.21. The van der Waals surface area contributed by atoms with Crippen molar-refractivity contribution in [2.75, 3.05) is 5.32 Å². The molecule has 34 heavy (non-hydrogen) atoms. The Bertz CT molecular complexity index is 1210. The molecule has 9 nitrogen and oxygen atoms in total. The van der Waals surface area contributed by atoms with Crippen LogP contribution in [-0.2, 0) is 12.8 Å². The van der Waals surface area contributed by atoms with E-state index >= 15 is 0 Å². The minimum absolute atomic E-state index is 0.322. The second-order valence-corrected chi connectivity index (χ2v) is 8.30. The van der Waals surface area contributed by atoms with E-state index in [0.29, 0.717) is 15.7 Å². The summed E-state index contributed by atoms with van der Waals surface area (Å²) in [6.45, 7) is 0. The van der Waals surface area contributed by atoms with Crippen molar-refractivity contribution in [1.82, 2.24) is 0 Å². The van der Waals surface area contributed by atoms with Crippen LogP contribution in [-0.4, -0.2) is 20.9 Å². The van der Waals surface area contributed by atoms with Crippen molar-refractivity contribution in [3.63, 3.8) is 0 Å².